The third kappa shape index (κ3) is 8.76. The average molecular weight is 714 g/mol. The minimum absolute atomic E-state index is 0.0400. The van der Waals surface area contributed by atoms with Crippen molar-refractivity contribution in [3.05, 3.63) is 29.8 Å². The molecule has 1 N–H and O–H groups in total. The fourth-order valence-corrected chi connectivity index (χ4v) is 7.80. The van der Waals surface area contributed by atoms with Gasteiger partial charge in [0.05, 0.1) is 77.5 Å². The number of hydrogen-bond acceptors (Lipinski definition) is 14. The Bertz CT molecular complexity index is 1380. The van der Waals surface area contributed by atoms with E-state index in [-0.39, 0.29) is 50.8 Å². The van der Waals surface area contributed by atoms with E-state index in [0.29, 0.717) is 45.6 Å². The molecule has 278 valence electrons. The molecule has 5 rings (SSSR count). The first-order valence-electron chi connectivity index (χ1n) is 16.3. The van der Waals surface area contributed by atoms with Gasteiger partial charge in [-0.25, -0.2) is 8.78 Å². The van der Waals surface area contributed by atoms with Crippen molar-refractivity contribution < 1.29 is 70.6 Å². The van der Waals surface area contributed by atoms with Gasteiger partial charge in [-0.05, 0) is 31.4 Å². The molecule has 14 nitrogen and oxygen atoms in total. The Balaban J connectivity index is 0.000000237. The van der Waals surface area contributed by atoms with Crippen molar-refractivity contribution >= 4 is 35.9 Å². The molecule has 16 heteroatoms. The van der Waals surface area contributed by atoms with Crippen LogP contribution in [0.25, 0.3) is 0 Å². The van der Waals surface area contributed by atoms with Gasteiger partial charge < -0.3 is 48.0 Å². The second kappa shape index (κ2) is 16.5. The van der Waals surface area contributed by atoms with Gasteiger partial charge in [-0.2, -0.15) is 0 Å². The van der Waals surface area contributed by atoms with Crippen LogP contribution in [0.15, 0.2) is 18.2 Å². The lowest BCUT2D eigenvalue weighted by molar-refractivity contribution is -0.224. The van der Waals surface area contributed by atoms with Crippen LogP contribution in [-0.4, -0.2) is 103 Å². The maximum Gasteiger partial charge on any atom is 0.312 e. The third-order valence-electron chi connectivity index (χ3n) is 9.81. The van der Waals surface area contributed by atoms with Gasteiger partial charge in [0.2, 0.25) is 0 Å². The number of ether oxygens (including phenoxy) is 8. The Morgan fingerprint density at radius 1 is 0.720 bits per heavy atom. The summed E-state index contributed by atoms with van der Waals surface area (Å²) in [5, 5.41) is 2.93. The van der Waals surface area contributed by atoms with Crippen molar-refractivity contribution in [2.75, 3.05) is 66.7 Å². The van der Waals surface area contributed by atoms with Gasteiger partial charge >= 0.3 is 23.9 Å². The zero-order chi connectivity index (χ0) is 36.6. The summed E-state index contributed by atoms with van der Waals surface area (Å²) in [5.41, 5.74) is -1.93. The fraction of sp³-hybridized carbons (Fsp3) is 0.676. The van der Waals surface area contributed by atoms with E-state index in [9.17, 15) is 32.8 Å². The number of carbonyl (C=O) groups is 5. The number of aldehydes is 1. The number of halogens is 2. The molecule has 2 aliphatic carbocycles. The lowest BCUT2D eigenvalue weighted by atomic mass is 9.65. The summed E-state index contributed by atoms with van der Waals surface area (Å²) in [6, 6.07) is 3.11. The van der Waals surface area contributed by atoms with Crippen molar-refractivity contribution in [3.63, 3.8) is 0 Å². The van der Waals surface area contributed by atoms with E-state index in [1.54, 1.807) is 0 Å². The first-order valence-corrected chi connectivity index (χ1v) is 16.3. The molecule has 0 radical (unpaired) electrons. The van der Waals surface area contributed by atoms with Gasteiger partial charge in [0.25, 0.3) is 0 Å². The maximum absolute atomic E-state index is 13.4. The minimum atomic E-state index is -1.11. The van der Waals surface area contributed by atoms with Crippen LogP contribution in [0.2, 0.25) is 0 Å². The highest BCUT2D eigenvalue weighted by atomic mass is 19.1. The Hall–Kier alpha value is -3.73. The molecule has 2 spiro atoms. The van der Waals surface area contributed by atoms with E-state index in [0.717, 1.165) is 18.2 Å². The third-order valence-corrected chi connectivity index (χ3v) is 9.81. The fourth-order valence-electron chi connectivity index (χ4n) is 7.80. The number of hydrogen-bond donors (Lipinski definition) is 1. The predicted molar refractivity (Wildman–Crippen MR) is 167 cm³/mol. The van der Waals surface area contributed by atoms with Gasteiger partial charge in [0, 0.05) is 50.4 Å². The van der Waals surface area contributed by atoms with E-state index in [2.05, 4.69) is 5.32 Å². The zero-order valence-corrected chi connectivity index (χ0v) is 28.7. The number of benzene rings is 1. The Morgan fingerprint density at radius 3 is 1.60 bits per heavy atom. The van der Waals surface area contributed by atoms with Gasteiger partial charge in [0.15, 0.2) is 11.6 Å². The van der Waals surface area contributed by atoms with Crippen LogP contribution in [0, 0.1) is 34.3 Å². The number of esters is 4. The number of anilines is 1. The number of nitrogens with one attached hydrogen (secondary N) is 1. The Labute approximate surface area is 288 Å². The van der Waals surface area contributed by atoms with Crippen molar-refractivity contribution in [1.82, 2.24) is 0 Å². The molecule has 2 unspecified atom stereocenters. The van der Waals surface area contributed by atoms with Crippen molar-refractivity contribution in [2.24, 2.45) is 22.7 Å². The van der Waals surface area contributed by atoms with Crippen LogP contribution < -0.4 is 5.32 Å². The molecule has 1 aromatic rings. The molecule has 2 aliphatic heterocycles. The normalized spacial score (nSPS) is 27.8. The summed E-state index contributed by atoms with van der Waals surface area (Å²) in [7, 11) is 5.13. The molecule has 2 saturated carbocycles. The van der Waals surface area contributed by atoms with Crippen LogP contribution in [0.4, 0.5) is 14.5 Å². The summed E-state index contributed by atoms with van der Waals surface area (Å²) in [6.45, 7) is 1.75. The van der Waals surface area contributed by atoms with Gasteiger partial charge in [-0.1, -0.05) is 0 Å². The second-order valence-electron chi connectivity index (χ2n) is 13.1. The molecule has 2 heterocycles. The predicted octanol–water partition coefficient (Wildman–Crippen LogP) is 3.09. The zero-order valence-electron chi connectivity index (χ0n) is 28.7. The smallest absolute Gasteiger partial charge is 0.312 e. The highest BCUT2D eigenvalue weighted by molar-refractivity contribution is 5.82. The highest BCUT2D eigenvalue weighted by Crippen LogP contribution is 2.52. The van der Waals surface area contributed by atoms with E-state index in [1.807, 2.05) is 0 Å². The minimum Gasteiger partial charge on any atom is -0.469 e. The molecule has 0 aromatic heterocycles. The van der Waals surface area contributed by atoms with E-state index in [1.165, 1.54) is 28.4 Å². The van der Waals surface area contributed by atoms with Crippen LogP contribution >= 0.6 is 0 Å². The second-order valence-corrected chi connectivity index (χ2v) is 13.1. The van der Waals surface area contributed by atoms with Crippen molar-refractivity contribution in [1.29, 1.82) is 0 Å². The topological polar surface area (TPSA) is 171 Å². The summed E-state index contributed by atoms with van der Waals surface area (Å²) in [6.07, 6.45) is 2.32. The molecule has 50 heavy (non-hydrogen) atoms. The van der Waals surface area contributed by atoms with Crippen molar-refractivity contribution in [2.45, 2.75) is 62.9 Å². The summed E-state index contributed by atoms with van der Waals surface area (Å²) in [5.74, 6) is -6.55. The monoisotopic (exact) mass is 713 g/mol. The van der Waals surface area contributed by atoms with Gasteiger partial charge in [0.1, 0.15) is 17.9 Å². The summed E-state index contributed by atoms with van der Waals surface area (Å²) < 4.78 is 69.3. The Kier molecular flexibility index (Phi) is 12.9. The van der Waals surface area contributed by atoms with Crippen LogP contribution in [0.5, 0.6) is 0 Å². The van der Waals surface area contributed by atoms with Gasteiger partial charge in [-0.3, -0.25) is 19.2 Å². The standard InChI is InChI=1S/C20H25F2NO6.C14H20O7/c1-26-17(24)13-10-19(18(25)27-2,12-20(11-13)28-5-6-29-20)3-4-23-16-8-14(21)7-15(22)9-16;1-18-11(16)10-7-13(3-4-15,12(17)19-2)9-14(8-10)20-5-6-21-14/h7-9,13,23H,3-6,10-12H2,1-2H3;4,10H,3,5-9H2,1-2H3/t13-,19-;/m0./s1. The first-order chi connectivity index (χ1) is 23.8. The largest absolute Gasteiger partial charge is 0.469 e. The molecule has 4 fully saturated rings. The van der Waals surface area contributed by atoms with Gasteiger partial charge in [-0.15, -0.1) is 0 Å². The molecular formula is C34H45F2NO13. The van der Waals surface area contributed by atoms with E-state index < -0.39 is 69.8 Å². The molecule has 4 atom stereocenters. The number of methoxy groups -OCH3 is 4. The molecule has 4 aliphatic rings. The van der Waals surface area contributed by atoms with E-state index in [4.69, 9.17) is 37.9 Å². The Morgan fingerprint density at radius 2 is 1.16 bits per heavy atom. The molecular weight excluding hydrogens is 668 g/mol. The highest BCUT2D eigenvalue weighted by Gasteiger charge is 2.58. The quantitative estimate of drug-likeness (QED) is 0.213. The van der Waals surface area contributed by atoms with Crippen LogP contribution in [0.1, 0.15) is 51.4 Å². The SMILES string of the molecule is COC(=O)C1CC2(CC(CC=O)(C(=O)OC)C1)OCCO2.COC(=O)[C@@H]1CC2(C[C@@](CCNc3cc(F)cc(F)c3)(C(=O)OC)C1)OCCO2. The summed E-state index contributed by atoms with van der Waals surface area (Å²) in [4.78, 5) is 60.3. The van der Waals surface area contributed by atoms with E-state index >= 15 is 0 Å². The lowest BCUT2D eigenvalue weighted by Crippen LogP contribution is -2.52. The lowest BCUT2D eigenvalue weighted by Gasteiger charge is -2.45. The molecule has 0 bridgehead atoms. The molecule has 0 amide bonds. The van der Waals surface area contributed by atoms with Crippen molar-refractivity contribution in [3.8, 4) is 0 Å². The van der Waals surface area contributed by atoms with Crippen LogP contribution in [0.3, 0.4) is 0 Å². The molecule has 1 aromatic carbocycles. The summed E-state index contributed by atoms with van der Waals surface area (Å²) >= 11 is 0. The first kappa shape index (κ1) is 39.1. The molecule has 2 saturated heterocycles. The average Bonchev–Trinajstić information content (AvgIpc) is 3.74. The number of carbonyl (C=O) groups excluding carboxylic acids is 5. The maximum atomic E-state index is 13.4. The number of rotatable bonds is 10. The van der Waals surface area contributed by atoms with Crippen LogP contribution in [-0.2, 0) is 61.9 Å².